The molecule has 0 aliphatic rings. The molecule has 1 rings (SSSR count). The number of aliphatic imine (C=N–C) groups is 1. The van der Waals surface area contributed by atoms with E-state index in [1.165, 1.54) is 12.8 Å². The Morgan fingerprint density at radius 3 is 2.60 bits per heavy atom. The third-order valence-corrected chi connectivity index (χ3v) is 2.70. The summed E-state index contributed by atoms with van der Waals surface area (Å²) in [7, 11) is 1.75. The molecule has 1 heterocycles. The Hall–Kier alpha value is -0.860. The quantitative estimate of drug-likeness (QED) is 0.321. The van der Waals surface area contributed by atoms with Gasteiger partial charge in [0.1, 0.15) is 0 Å². The average Bonchev–Trinajstić information content (AvgIpc) is 2.78. The van der Waals surface area contributed by atoms with E-state index < -0.39 is 0 Å². The fraction of sp³-hybridized carbons (Fsp3) is 0.769. The standard InChI is InChI=1S/C13H25N5O.HI/c1-10(2)7-5-6-8-15-13(14-4)16-9-12-17-11(3)18-19-12;/h10H,5-9H2,1-4H3,(H2,14,15,16);1H. The molecule has 0 amide bonds. The van der Waals surface area contributed by atoms with E-state index in [2.05, 4.69) is 39.6 Å². The van der Waals surface area contributed by atoms with Gasteiger partial charge in [-0.1, -0.05) is 31.8 Å². The molecule has 116 valence electrons. The number of rotatable bonds is 7. The lowest BCUT2D eigenvalue weighted by atomic mass is 10.1. The van der Waals surface area contributed by atoms with Gasteiger partial charge in [-0.2, -0.15) is 4.98 Å². The molecule has 1 aromatic heterocycles. The third kappa shape index (κ3) is 8.34. The molecule has 20 heavy (non-hydrogen) atoms. The van der Waals surface area contributed by atoms with Crippen molar-refractivity contribution in [3.05, 3.63) is 11.7 Å². The zero-order valence-corrected chi connectivity index (χ0v) is 15.1. The fourth-order valence-corrected chi connectivity index (χ4v) is 1.68. The van der Waals surface area contributed by atoms with Gasteiger partial charge in [-0.05, 0) is 19.3 Å². The van der Waals surface area contributed by atoms with Gasteiger partial charge in [-0.15, -0.1) is 24.0 Å². The van der Waals surface area contributed by atoms with Gasteiger partial charge in [0.15, 0.2) is 11.8 Å². The summed E-state index contributed by atoms with van der Waals surface area (Å²) >= 11 is 0. The normalized spacial score (nSPS) is 11.3. The van der Waals surface area contributed by atoms with E-state index in [0.717, 1.165) is 24.8 Å². The van der Waals surface area contributed by atoms with Gasteiger partial charge < -0.3 is 15.2 Å². The van der Waals surface area contributed by atoms with Crippen LogP contribution in [-0.2, 0) is 6.54 Å². The van der Waals surface area contributed by atoms with Crippen LogP contribution in [0.4, 0.5) is 0 Å². The number of nitrogens with one attached hydrogen (secondary N) is 2. The van der Waals surface area contributed by atoms with Crippen LogP contribution in [0.2, 0.25) is 0 Å². The number of aromatic nitrogens is 2. The molecule has 0 aromatic carbocycles. The molecule has 0 aliphatic carbocycles. The molecule has 0 unspecified atom stereocenters. The molecule has 0 atom stereocenters. The van der Waals surface area contributed by atoms with E-state index in [-0.39, 0.29) is 24.0 Å². The second-order valence-electron chi connectivity index (χ2n) is 4.98. The summed E-state index contributed by atoms with van der Waals surface area (Å²) in [5.41, 5.74) is 0. The number of unbranched alkanes of at least 4 members (excludes halogenated alkanes) is 1. The number of halogens is 1. The maximum Gasteiger partial charge on any atom is 0.246 e. The van der Waals surface area contributed by atoms with Crippen LogP contribution in [-0.4, -0.2) is 29.7 Å². The van der Waals surface area contributed by atoms with Crippen LogP contribution in [0.1, 0.15) is 44.8 Å². The molecule has 0 bridgehead atoms. The van der Waals surface area contributed by atoms with Gasteiger partial charge in [0.25, 0.3) is 0 Å². The number of hydrogen-bond donors (Lipinski definition) is 2. The molecule has 1 aromatic rings. The Kier molecular flexibility index (Phi) is 10.4. The van der Waals surface area contributed by atoms with E-state index in [1.54, 1.807) is 14.0 Å². The number of aryl methyl sites for hydroxylation is 1. The Bertz CT molecular complexity index is 392. The zero-order chi connectivity index (χ0) is 14.1. The van der Waals surface area contributed by atoms with Crippen LogP contribution in [0, 0.1) is 12.8 Å². The van der Waals surface area contributed by atoms with Crippen LogP contribution in [0.3, 0.4) is 0 Å². The maximum atomic E-state index is 5.02. The molecule has 0 saturated heterocycles. The molecule has 6 nitrogen and oxygen atoms in total. The molecule has 0 fully saturated rings. The van der Waals surface area contributed by atoms with Gasteiger partial charge in [-0.3, -0.25) is 4.99 Å². The summed E-state index contributed by atoms with van der Waals surface area (Å²) < 4.78 is 5.02. The summed E-state index contributed by atoms with van der Waals surface area (Å²) in [6.07, 6.45) is 3.66. The Labute approximate surface area is 138 Å². The predicted octanol–water partition coefficient (Wildman–Crippen LogP) is 2.49. The third-order valence-electron chi connectivity index (χ3n) is 2.70. The van der Waals surface area contributed by atoms with E-state index in [1.807, 2.05) is 0 Å². The van der Waals surface area contributed by atoms with Crippen molar-refractivity contribution in [2.75, 3.05) is 13.6 Å². The minimum atomic E-state index is 0. The average molecular weight is 395 g/mol. The summed E-state index contributed by atoms with van der Waals surface area (Å²) in [6, 6.07) is 0. The lowest BCUT2D eigenvalue weighted by Crippen LogP contribution is -2.37. The predicted molar refractivity (Wildman–Crippen MR) is 91.3 cm³/mol. The molecule has 7 heteroatoms. The van der Waals surface area contributed by atoms with Crippen LogP contribution in [0.15, 0.2) is 9.52 Å². The van der Waals surface area contributed by atoms with E-state index in [9.17, 15) is 0 Å². The van der Waals surface area contributed by atoms with Crippen molar-refractivity contribution in [3.8, 4) is 0 Å². The first-order valence-electron chi connectivity index (χ1n) is 6.85. The summed E-state index contributed by atoms with van der Waals surface area (Å²) in [5, 5.41) is 10.1. The highest BCUT2D eigenvalue weighted by Crippen LogP contribution is 2.04. The Balaban J connectivity index is 0.00000361. The minimum Gasteiger partial charge on any atom is -0.356 e. The maximum absolute atomic E-state index is 5.02. The van der Waals surface area contributed by atoms with Gasteiger partial charge in [0.2, 0.25) is 5.89 Å². The van der Waals surface area contributed by atoms with Crippen molar-refractivity contribution in [2.45, 2.75) is 46.6 Å². The number of hydrogen-bond acceptors (Lipinski definition) is 4. The topological polar surface area (TPSA) is 75.3 Å². The monoisotopic (exact) mass is 395 g/mol. The largest absolute Gasteiger partial charge is 0.356 e. The van der Waals surface area contributed by atoms with Crippen molar-refractivity contribution < 1.29 is 4.52 Å². The summed E-state index contributed by atoms with van der Waals surface area (Å²) in [5.74, 6) is 2.76. The van der Waals surface area contributed by atoms with E-state index in [4.69, 9.17) is 4.52 Å². The Morgan fingerprint density at radius 1 is 1.30 bits per heavy atom. The zero-order valence-electron chi connectivity index (χ0n) is 12.8. The first-order chi connectivity index (χ1) is 9.11. The van der Waals surface area contributed by atoms with Gasteiger partial charge in [0, 0.05) is 13.6 Å². The lowest BCUT2D eigenvalue weighted by Gasteiger charge is -2.10. The second-order valence-corrected chi connectivity index (χ2v) is 4.98. The first-order valence-corrected chi connectivity index (χ1v) is 6.85. The van der Waals surface area contributed by atoms with E-state index >= 15 is 0 Å². The SMILES string of the molecule is CN=C(NCCCCC(C)C)NCc1nc(C)no1.I. The summed E-state index contributed by atoms with van der Waals surface area (Å²) in [6.45, 7) is 7.72. The smallest absolute Gasteiger partial charge is 0.246 e. The highest BCUT2D eigenvalue weighted by atomic mass is 127. The molecular formula is C13H26IN5O. The van der Waals surface area contributed by atoms with Crippen molar-refractivity contribution in [3.63, 3.8) is 0 Å². The molecular weight excluding hydrogens is 369 g/mol. The van der Waals surface area contributed by atoms with Crippen molar-refractivity contribution in [1.82, 2.24) is 20.8 Å². The van der Waals surface area contributed by atoms with Gasteiger partial charge in [-0.25, -0.2) is 0 Å². The lowest BCUT2D eigenvalue weighted by molar-refractivity contribution is 0.371. The molecule has 2 N–H and O–H groups in total. The van der Waals surface area contributed by atoms with Crippen molar-refractivity contribution in [1.29, 1.82) is 0 Å². The molecule has 0 radical (unpaired) electrons. The minimum absolute atomic E-state index is 0. The van der Waals surface area contributed by atoms with Crippen LogP contribution in [0.5, 0.6) is 0 Å². The van der Waals surface area contributed by atoms with Crippen LogP contribution in [0.25, 0.3) is 0 Å². The van der Waals surface area contributed by atoms with Crippen LogP contribution >= 0.6 is 24.0 Å². The number of nitrogens with zero attached hydrogens (tertiary/aromatic N) is 3. The molecule has 0 saturated carbocycles. The highest BCUT2D eigenvalue weighted by Gasteiger charge is 2.03. The number of guanidine groups is 1. The van der Waals surface area contributed by atoms with Crippen molar-refractivity contribution >= 4 is 29.9 Å². The van der Waals surface area contributed by atoms with E-state index in [0.29, 0.717) is 18.3 Å². The van der Waals surface area contributed by atoms with Gasteiger partial charge in [0.05, 0.1) is 6.54 Å². The Morgan fingerprint density at radius 2 is 2.05 bits per heavy atom. The van der Waals surface area contributed by atoms with Crippen LogP contribution < -0.4 is 10.6 Å². The first kappa shape index (κ1) is 19.1. The summed E-state index contributed by atoms with van der Waals surface area (Å²) in [4.78, 5) is 8.27. The molecule has 0 aliphatic heterocycles. The molecule has 0 spiro atoms. The fourth-order valence-electron chi connectivity index (χ4n) is 1.68. The van der Waals surface area contributed by atoms with Crippen molar-refractivity contribution in [2.24, 2.45) is 10.9 Å². The highest BCUT2D eigenvalue weighted by molar-refractivity contribution is 14.0. The van der Waals surface area contributed by atoms with Gasteiger partial charge >= 0.3 is 0 Å². The second kappa shape index (κ2) is 10.9.